The highest BCUT2D eigenvalue weighted by Gasteiger charge is 2.48. The van der Waals surface area contributed by atoms with Crippen molar-refractivity contribution in [2.75, 3.05) is 13.1 Å². The Bertz CT molecular complexity index is 534. The van der Waals surface area contributed by atoms with Crippen LogP contribution < -0.4 is 5.73 Å². The fourth-order valence-corrected chi connectivity index (χ4v) is 3.90. The van der Waals surface area contributed by atoms with Crippen molar-refractivity contribution >= 4 is 5.91 Å². The number of aryl methyl sites for hydroxylation is 1. The number of carbonyl (C=O) groups excluding carboxylic acids is 1. The van der Waals surface area contributed by atoms with Gasteiger partial charge in [0.05, 0.1) is 6.20 Å². The van der Waals surface area contributed by atoms with Gasteiger partial charge >= 0.3 is 0 Å². The van der Waals surface area contributed by atoms with E-state index in [1.807, 2.05) is 29.0 Å². The van der Waals surface area contributed by atoms with Crippen LogP contribution in [0.4, 0.5) is 0 Å². The lowest BCUT2D eigenvalue weighted by molar-refractivity contribution is -0.136. The van der Waals surface area contributed by atoms with Gasteiger partial charge in [-0.05, 0) is 43.1 Å². The first-order valence-electron chi connectivity index (χ1n) is 8.16. The quantitative estimate of drug-likeness (QED) is 0.902. The Balaban J connectivity index is 1.48. The van der Waals surface area contributed by atoms with Gasteiger partial charge in [-0.1, -0.05) is 0 Å². The SMILES string of the molecule is Cn1cc([C@@H]2CN(C(=O)C(C3CC3)C3CC3)C[C@H]2N)cn1. The average Bonchev–Trinajstić information content (AvgIpc) is 3.37. The van der Waals surface area contributed by atoms with Gasteiger partial charge in [-0.2, -0.15) is 5.10 Å². The van der Waals surface area contributed by atoms with Crippen LogP contribution in [0.2, 0.25) is 0 Å². The van der Waals surface area contributed by atoms with Crippen LogP contribution in [0.25, 0.3) is 0 Å². The Morgan fingerprint density at radius 2 is 1.95 bits per heavy atom. The summed E-state index contributed by atoms with van der Waals surface area (Å²) in [6.45, 7) is 1.47. The van der Waals surface area contributed by atoms with Crippen molar-refractivity contribution in [2.45, 2.75) is 37.6 Å². The zero-order valence-corrected chi connectivity index (χ0v) is 12.6. The van der Waals surface area contributed by atoms with Gasteiger partial charge < -0.3 is 10.6 Å². The molecule has 1 saturated heterocycles. The first-order chi connectivity index (χ1) is 10.1. The lowest BCUT2D eigenvalue weighted by atomic mass is 9.96. The Labute approximate surface area is 125 Å². The first kappa shape index (κ1) is 13.3. The van der Waals surface area contributed by atoms with Gasteiger partial charge in [-0.3, -0.25) is 9.48 Å². The van der Waals surface area contributed by atoms with Gasteiger partial charge in [0.15, 0.2) is 0 Å². The number of carbonyl (C=O) groups is 1. The highest BCUT2D eigenvalue weighted by Crippen LogP contribution is 2.50. The second-order valence-electron chi connectivity index (χ2n) is 7.16. The van der Waals surface area contributed by atoms with Crippen molar-refractivity contribution in [3.8, 4) is 0 Å². The van der Waals surface area contributed by atoms with Gasteiger partial charge in [-0.25, -0.2) is 0 Å². The molecule has 1 aromatic rings. The number of nitrogens with zero attached hydrogens (tertiary/aromatic N) is 3. The van der Waals surface area contributed by atoms with E-state index in [-0.39, 0.29) is 12.0 Å². The van der Waals surface area contributed by atoms with Crippen molar-refractivity contribution in [3.05, 3.63) is 18.0 Å². The Hall–Kier alpha value is -1.36. The third-order valence-electron chi connectivity index (χ3n) is 5.37. The number of hydrogen-bond donors (Lipinski definition) is 1. The summed E-state index contributed by atoms with van der Waals surface area (Å²) in [5.74, 6) is 2.24. The molecule has 2 atom stereocenters. The maximum absolute atomic E-state index is 12.9. The number of likely N-dealkylation sites (tertiary alicyclic amines) is 1. The molecule has 2 heterocycles. The smallest absolute Gasteiger partial charge is 0.226 e. The van der Waals surface area contributed by atoms with E-state index >= 15 is 0 Å². The molecule has 3 aliphatic rings. The van der Waals surface area contributed by atoms with Crippen LogP contribution in [0, 0.1) is 17.8 Å². The number of amides is 1. The lowest BCUT2D eigenvalue weighted by Gasteiger charge is -2.23. The highest BCUT2D eigenvalue weighted by atomic mass is 16.2. The molecule has 1 aromatic heterocycles. The molecule has 2 saturated carbocycles. The molecule has 2 N–H and O–H groups in total. The van der Waals surface area contributed by atoms with Crippen LogP contribution in [0.1, 0.15) is 37.2 Å². The van der Waals surface area contributed by atoms with Crippen molar-refractivity contribution < 1.29 is 4.79 Å². The molecule has 114 valence electrons. The minimum absolute atomic E-state index is 0.0391. The van der Waals surface area contributed by atoms with Crippen LogP contribution in [-0.2, 0) is 11.8 Å². The van der Waals surface area contributed by atoms with Crippen LogP contribution in [0.15, 0.2) is 12.4 Å². The number of aromatic nitrogens is 2. The fraction of sp³-hybridized carbons (Fsp3) is 0.750. The summed E-state index contributed by atoms with van der Waals surface area (Å²) in [4.78, 5) is 14.9. The van der Waals surface area contributed by atoms with Gasteiger partial charge in [0.25, 0.3) is 0 Å². The lowest BCUT2D eigenvalue weighted by Crippen LogP contribution is -2.38. The molecule has 4 rings (SSSR count). The average molecular weight is 288 g/mol. The van der Waals surface area contributed by atoms with E-state index in [0.717, 1.165) is 12.1 Å². The van der Waals surface area contributed by atoms with Crippen molar-refractivity contribution in [3.63, 3.8) is 0 Å². The summed E-state index contributed by atoms with van der Waals surface area (Å²) in [5.41, 5.74) is 7.46. The summed E-state index contributed by atoms with van der Waals surface area (Å²) in [6.07, 6.45) is 8.91. The van der Waals surface area contributed by atoms with Crippen molar-refractivity contribution in [1.29, 1.82) is 0 Å². The number of rotatable bonds is 4. The molecular weight excluding hydrogens is 264 g/mol. The summed E-state index contributed by atoms with van der Waals surface area (Å²) in [7, 11) is 1.92. The molecule has 2 aliphatic carbocycles. The van der Waals surface area contributed by atoms with Gasteiger partial charge in [-0.15, -0.1) is 0 Å². The van der Waals surface area contributed by atoms with Gasteiger partial charge in [0, 0.05) is 44.2 Å². The second kappa shape index (κ2) is 4.83. The molecule has 5 nitrogen and oxygen atoms in total. The van der Waals surface area contributed by atoms with E-state index in [0.29, 0.717) is 30.2 Å². The molecule has 0 bridgehead atoms. The molecular formula is C16H24N4O. The molecule has 1 aliphatic heterocycles. The second-order valence-corrected chi connectivity index (χ2v) is 7.16. The molecule has 1 amide bonds. The summed E-state index contributed by atoms with van der Waals surface area (Å²) in [6, 6.07) is 0.0391. The maximum atomic E-state index is 12.9. The minimum atomic E-state index is 0.0391. The summed E-state index contributed by atoms with van der Waals surface area (Å²) in [5, 5.41) is 4.23. The van der Waals surface area contributed by atoms with E-state index in [2.05, 4.69) is 5.10 Å². The molecule has 0 spiro atoms. The minimum Gasteiger partial charge on any atom is -0.340 e. The van der Waals surface area contributed by atoms with E-state index in [4.69, 9.17) is 5.73 Å². The summed E-state index contributed by atoms with van der Waals surface area (Å²) < 4.78 is 1.81. The Kier molecular flexibility index (Phi) is 3.06. The van der Waals surface area contributed by atoms with Gasteiger partial charge in [0.2, 0.25) is 5.91 Å². The van der Waals surface area contributed by atoms with Crippen LogP contribution in [0.5, 0.6) is 0 Å². The van der Waals surface area contributed by atoms with Crippen molar-refractivity contribution in [1.82, 2.24) is 14.7 Å². The third-order valence-corrected chi connectivity index (χ3v) is 5.37. The predicted octanol–water partition coefficient (Wildman–Crippen LogP) is 1.11. The largest absolute Gasteiger partial charge is 0.340 e. The Morgan fingerprint density at radius 1 is 1.29 bits per heavy atom. The number of nitrogens with two attached hydrogens (primary N) is 1. The number of hydrogen-bond acceptors (Lipinski definition) is 3. The third kappa shape index (κ3) is 2.48. The summed E-state index contributed by atoms with van der Waals surface area (Å²) >= 11 is 0. The van der Waals surface area contributed by atoms with Crippen LogP contribution in [-0.4, -0.2) is 39.7 Å². The Morgan fingerprint density at radius 3 is 2.48 bits per heavy atom. The van der Waals surface area contributed by atoms with Crippen LogP contribution >= 0.6 is 0 Å². The zero-order valence-electron chi connectivity index (χ0n) is 12.6. The highest BCUT2D eigenvalue weighted by molar-refractivity contribution is 5.80. The fourth-order valence-electron chi connectivity index (χ4n) is 3.90. The molecule has 21 heavy (non-hydrogen) atoms. The monoisotopic (exact) mass is 288 g/mol. The molecule has 3 fully saturated rings. The van der Waals surface area contributed by atoms with E-state index in [1.165, 1.54) is 25.7 Å². The van der Waals surface area contributed by atoms with E-state index in [1.54, 1.807) is 0 Å². The standard InChI is InChI=1S/C16H24N4O/c1-19-7-12(6-18-19)13-8-20(9-14(13)17)16(21)15(10-2-3-10)11-4-5-11/h6-7,10-11,13-15H,2-5,8-9,17H2,1H3/t13-,14+/m0/s1. The van der Waals surface area contributed by atoms with E-state index < -0.39 is 0 Å². The molecule has 0 radical (unpaired) electrons. The molecule has 0 unspecified atom stereocenters. The topological polar surface area (TPSA) is 64.2 Å². The first-order valence-corrected chi connectivity index (χ1v) is 8.16. The molecule has 0 aromatic carbocycles. The van der Waals surface area contributed by atoms with Crippen LogP contribution in [0.3, 0.4) is 0 Å². The van der Waals surface area contributed by atoms with Gasteiger partial charge in [0.1, 0.15) is 0 Å². The van der Waals surface area contributed by atoms with E-state index in [9.17, 15) is 4.79 Å². The molecule has 5 heteroatoms. The normalized spacial score (nSPS) is 29.4. The van der Waals surface area contributed by atoms with Crippen molar-refractivity contribution in [2.24, 2.45) is 30.5 Å². The zero-order chi connectivity index (χ0) is 14.6. The predicted molar refractivity (Wildman–Crippen MR) is 79.4 cm³/mol. The maximum Gasteiger partial charge on any atom is 0.226 e.